The van der Waals surface area contributed by atoms with Gasteiger partial charge in [0.25, 0.3) is 0 Å². The predicted octanol–water partition coefficient (Wildman–Crippen LogP) is 11.8. The molecule has 0 spiro atoms. The van der Waals surface area contributed by atoms with Gasteiger partial charge >= 0.3 is 36.1 Å². The van der Waals surface area contributed by atoms with Gasteiger partial charge in [0.2, 0.25) is 0 Å². The quantitative estimate of drug-likeness (QED) is 0.0269. The fourth-order valence-corrected chi connectivity index (χ4v) is 10.3. The van der Waals surface area contributed by atoms with Crippen LogP contribution in [0.5, 0.6) is 0 Å². The minimum atomic E-state index is -0.763. The van der Waals surface area contributed by atoms with Crippen molar-refractivity contribution in [3.8, 4) is 0 Å². The summed E-state index contributed by atoms with van der Waals surface area (Å²) in [6, 6.07) is 10.3. The molecule has 0 heterocycles. The smallest absolute Gasteiger partial charge is 0.411 e. The Hall–Kier alpha value is -6.42. The van der Waals surface area contributed by atoms with Crippen LogP contribution in [0.15, 0.2) is 61.7 Å². The maximum Gasteiger partial charge on any atom is 0.411 e. The molecule has 0 radical (unpaired) electrons. The van der Waals surface area contributed by atoms with Crippen molar-refractivity contribution in [2.24, 2.45) is 0 Å². The van der Waals surface area contributed by atoms with Gasteiger partial charge in [-0.05, 0) is 187 Å². The van der Waals surface area contributed by atoms with Gasteiger partial charge in [-0.2, -0.15) is 0 Å². The Morgan fingerprint density at radius 1 is 0.276 bits per heavy atom. The van der Waals surface area contributed by atoms with Crippen LogP contribution in [-0.2, 0) is 150 Å². The summed E-state index contributed by atoms with van der Waals surface area (Å²) in [5.41, 5.74) is 3.82. The van der Waals surface area contributed by atoms with Crippen molar-refractivity contribution in [1.82, 2.24) is 0 Å². The summed E-state index contributed by atoms with van der Waals surface area (Å²) in [6.07, 6.45) is -3.54. The van der Waals surface area contributed by atoms with Crippen LogP contribution in [0.4, 0.5) is 21.0 Å². The van der Waals surface area contributed by atoms with E-state index >= 15 is 0 Å². The third-order valence-electron chi connectivity index (χ3n) is 17.8. The van der Waals surface area contributed by atoms with Crippen molar-refractivity contribution in [3.05, 3.63) is 84.0 Å². The van der Waals surface area contributed by atoms with E-state index in [1.807, 2.05) is 145 Å². The number of benzene rings is 2. The van der Waals surface area contributed by atoms with Crippen molar-refractivity contribution in [2.75, 3.05) is 169 Å². The summed E-state index contributed by atoms with van der Waals surface area (Å²) in [7, 11) is 0. The van der Waals surface area contributed by atoms with Crippen molar-refractivity contribution in [2.45, 2.75) is 287 Å². The number of amides is 2. The number of rotatable bonds is 74. The molecular formula is C90H152N2O31. The average molecular weight is 1760 g/mol. The molecule has 0 saturated heterocycles. The molecule has 20 atom stereocenters. The summed E-state index contributed by atoms with van der Waals surface area (Å²) in [5, 5.41) is 5.25. The zero-order valence-electron chi connectivity index (χ0n) is 77.6. The Bertz CT molecular complexity index is 3190. The van der Waals surface area contributed by atoms with Crippen LogP contribution in [0.25, 0.3) is 0 Å². The fraction of sp³-hybridized carbons (Fsp3) is 0.756. The number of ether oxygens (including phenoxy) is 25. The van der Waals surface area contributed by atoms with Crippen molar-refractivity contribution in [1.29, 1.82) is 0 Å². The van der Waals surface area contributed by atoms with E-state index in [1.54, 1.807) is 44.2 Å². The lowest BCUT2D eigenvalue weighted by Gasteiger charge is -2.24. The first kappa shape index (κ1) is 113. The van der Waals surface area contributed by atoms with E-state index in [9.17, 15) is 28.8 Å². The van der Waals surface area contributed by atoms with Gasteiger partial charge in [0, 0.05) is 23.5 Å². The van der Waals surface area contributed by atoms with Gasteiger partial charge in [-0.3, -0.25) is 20.2 Å². The third-order valence-corrected chi connectivity index (χ3v) is 17.8. The van der Waals surface area contributed by atoms with E-state index in [-0.39, 0.29) is 168 Å². The van der Waals surface area contributed by atoms with Gasteiger partial charge in [0.05, 0.1) is 254 Å². The van der Waals surface area contributed by atoms with E-state index in [4.69, 9.17) is 118 Å². The minimum Gasteiger partial charge on any atom is -0.463 e. The molecule has 2 amide bonds. The number of aryl methyl sites for hydroxylation is 2. The van der Waals surface area contributed by atoms with Crippen LogP contribution in [0.2, 0.25) is 0 Å². The topological polar surface area (TPSA) is 357 Å². The largest absolute Gasteiger partial charge is 0.463 e. The highest BCUT2D eigenvalue weighted by atomic mass is 16.6. The highest BCUT2D eigenvalue weighted by molar-refractivity contribution is 5.90. The lowest BCUT2D eigenvalue weighted by molar-refractivity contribution is -0.149. The summed E-state index contributed by atoms with van der Waals surface area (Å²) >= 11 is 0. The first-order chi connectivity index (χ1) is 58.4. The van der Waals surface area contributed by atoms with Crippen molar-refractivity contribution in [3.63, 3.8) is 0 Å². The number of nitrogens with one attached hydrogen (secondary N) is 2. The molecule has 0 saturated carbocycles. The first-order valence-corrected chi connectivity index (χ1v) is 43.1. The lowest BCUT2D eigenvalue weighted by atomic mass is 10.0. The Kier molecular flexibility index (Phi) is 61.3. The highest BCUT2D eigenvalue weighted by Crippen LogP contribution is 2.22. The second-order valence-electron chi connectivity index (χ2n) is 31.6. The van der Waals surface area contributed by atoms with E-state index < -0.39 is 42.2 Å². The maximum atomic E-state index is 12.8. The Morgan fingerprint density at radius 2 is 0.528 bits per heavy atom. The van der Waals surface area contributed by atoms with Gasteiger partial charge < -0.3 is 118 Å². The van der Waals surface area contributed by atoms with E-state index in [2.05, 4.69) is 23.8 Å². The second-order valence-corrected chi connectivity index (χ2v) is 31.6. The molecular weight excluding hydrogens is 1600 g/mol. The molecule has 2 N–H and O–H groups in total. The van der Waals surface area contributed by atoms with Crippen LogP contribution in [-0.4, -0.2) is 317 Å². The molecule has 33 heteroatoms. The Labute approximate surface area is 731 Å². The SMILES string of the molecule is C=CC(=O)OCCOC(=O)Cc1ccc(C)c(CC(=O)OCC(C)OCC(C)OCC(C)OCC(C)OCC(C)OCC(C)OCC(C)OCC(C)OCC(C)OCC(C)OCC(C)OCC(C)OCC(C)OCC(C)OCC(C)OCC(C)OCC(C)OCC(C)OCC(C)OCC(C)OC(=O)Nc2cc(NC(=O)OCCOC(=O)C=C)ccc2C)c1. The number of carbonyl (C=O) groups excluding carboxylic acids is 6. The van der Waals surface area contributed by atoms with Crippen molar-refractivity contribution >= 4 is 47.4 Å². The van der Waals surface area contributed by atoms with Crippen LogP contribution in [0.3, 0.4) is 0 Å². The molecule has 708 valence electrons. The molecule has 0 fully saturated rings. The average Bonchev–Trinajstić information content (AvgIpc) is 0.861. The van der Waals surface area contributed by atoms with Crippen LogP contribution in [0, 0.1) is 13.8 Å². The van der Waals surface area contributed by atoms with Crippen molar-refractivity contribution < 1.29 is 147 Å². The van der Waals surface area contributed by atoms with Gasteiger partial charge in [-0.1, -0.05) is 37.4 Å². The zero-order chi connectivity index (χ0) is 91.6. The summed E-state index contributed by atoms with van der Waals surface area (Å²) in [6.45, 7) is 55.4. The molecule has 0 aromatic heterocycles. The van der Waals surface area contributed by atoms with E-state index in [1.165, 1.54) is 0 Å². The molecule has 0 aliphatic carbocycles. The molecule has 0 aliphatic rings. The Balaban J connectivity index is 1.45. The maximum absolute atomic E-state index is 12.8. The van der Waals surface area contributed by atoms with Gasteiger partial charge in [0.15, 0.2) is 0 Å². The number of hydrogen-bond acceptors (Lipinski definition) is 31. The molecule has 2 aromatic carbocycles. The van der Waals surface area contributed by atoms with Crippen LogP contribution in [0.1, 0.15) is 161 Å². The summed E-state index contributed by atoms with van der Waals surface area (Å²) < 4.78 is 145. The molecule has 123 heavy (non-hydrogen) atoms. The summed E-state index contributed by atoms with van der Waals surface area (Å²) in [4.78, 5) is 72.2. The van der Waals surface area contributed by atoms with Gasteiger partial charge in [-0.15, -0.1) is 0 Å². The minimum absolute atomic E-state index is 0.00228. The number of hydrogen-bond donors (Lipinski definition) is 2. The normalized spacial score (nSPS) is 16.6. The van der Waals surface area contributed by atoms with E-state index in [0.29, 0.717) is 136 Å². The lowest BCUT2D eigenvalue weighted by Crippen LogP contribution is -2.31. The molecule has 0 bridgehead atoms. The zero-order valence-corrected chi connectivity index (χ0v) is 77.6. The van der Waals surface area contributed by atoms with Gasteiger partial charge in [-0.25, -0.2) is 19.2 Å². The Morgan fingerprint density at radius 3 is 0.821 bits per heavy atom. The third kappa shape index (κ3) is 60.0. The summed E-state index contributed by atoms with van der Waals surface area (Å²) in [5.74, 6) is -2.12. The monoisotopic (exact) mass is 1760 g/mol. The van der Waals surface area contributed by atoms with Crippen LogP contribution < -0.4 is 10.6 Å². The molecule has 2 rings (SSSR count). The standard InChI is InChI=1S/C90H152N2O31/c1-25-85(93)99-31-32-101-87(95)36-81-29-27-59(3)82(35-81)37-88(96)122-57-79(23)120-55-77(21)118-53-75(19)116-51-73(17)114-49-71(15)112-47-69(13)110-45-67(11)108-43-65(9)106-41-63(7)104-39-61(5)103-40-62(6)105-42-64(8)107-44-66(10)109-46-68(12)111-48-70(14)113-50-72(16)115-52-74(18)117-54-76(20)119-56-78(22)121-58-80(24)123-90(98)92-84-38-83(30-28-60(84)4)91-89(97)102-34-33-100-86(94)26-2/h25-30,35,38,61-80H,1-2,31-34,36-37,39-58H2,3-24H3,(H,91,97)(H,92,98). The van der Waals surface area contributed by atoms with Gasteiger partial charge in [0.1, 0.15) is 39.1 Å². The fourth-order valence-electron chi connectivity index (χ4n) is 10.3. The highest BCUT2D eigenvalue weighted by Gasteiger charge is 2.23. The number of esters is 4. The molecule has 20 unspecified atom stereocenters. The number of carbonyl (C=O) groups is 6. The van der Waals surface area contributed by atoms with Crippen LogP contribution >= 0.6 is 0 Å². The first-order valence-electron chi connectivity index (χ1n) is 43.1. The number of anilines is 2. The second kappa shape index (κ2) is 66.9. The van der Waals surface area contributed by atoms with E-state index in [0.717, 1.165) is 28.8 Å². The molecule has 33 nitrogen and oxygen atoms in total. The molecule has 0 aliphatic heterocycles. The molecule has 2 aromatic rings. The predicted molar refractivity (Wildman–Crippen MR) is 461 cm³/mol.